The van der Waals surface area contributed by atoms with Gasteiger partial charge in [0.1, 0.15) is 10.8 Å². The highest BCUT2D eigenvalue weighted by Gasteiger charge is 2.02. The Morgan fingerprint density at radius 1 is 1.28 bits per heavy atom. The van der Waals surface area contributed by atoms with Crippen LogP contribution >= 0.6 is 27.3 Å². The molecule has 0 aliphatic carbocycles. The minimum Gasteiger partial charge on any atom is -0.494 e. The summed E-state index contributed by atoms with van der Waals surface area (Å²) in [7, 11) is 1.85. The molecule has 0 spiro atoms. The lowest BCUT2D eigenvalue weighted by molar-refractivity contribution is 0.311. The third-order valence-electron chi connectivity index (χ3n) is 2.30. The smallest absolute Gasteiger partial charge is 0.205 e. The molecule has 2 aromatic rings. The highest BCUT2D eigenvalue weighted by molar-refractivity contribution is 9.10. The minimum absolute atomic E-state index is 0.691. The number of anilines is 1. The first-order valence-corrected chi connectivity index (χ1v) is 7.27. The van der Waals surface area contributed by atoms with Gasteiger partial charge in [-0.05, 0) is 30.7 Å². The largest absolute Gasteiger partial charge is 0.494 e. The molecule has 0 saturated heterocycles. The first kappa shape index (κ1) is 13.3. The van der Waals surface area contributed by atoms with Gasteiger partial charge in [-0.2, -0.15) is 0 Å². The molecule has 0 saturated carbocycles. The second kappa shape index (κ2) is 6.70. The molecule has 96 valence electrons. The van der Waals surface area contributed by atoms with Crippen LogP contribution in [0.15, 0.2) is 28.7 Å². The van der Waals surface area contributed by atoms with E-state index in [1.165, 1.54) is 0 Å². The number of nitrogens with zero attached hydrogens (tertiary/aromatic N) is 2. The summed E-state index contributed by atoms with van der Waals surface area (Å²) < 4.78 is 6.69. The van der Waals surface area contributed by atoms with Gasteiger partial charge < -0.3 is 10.1 Å². The maximum Gasteiger partial charge on any atom is 0.205 e. The second-order valence-corrected chi connectivity index (χ2v) is 5.63. The van der Waals surface area contributed by atoms with Crippen LogP contribution in [0.5, 0.6) is 5.75 Å². The van der Waals surface area contributed by atoms with Crippen LogP contribution in [-0.2, 0) is 6.42 Å². The number of aromatic nitrogens is 2. The van der Waals surface area contributed by atoms with Crippen LogP contribution in [-0.4, -0.2) is 23.9 Å². The van der Waals surface area contributed by atoms with E-state index in [0.717, 1.165) is 33.2 Å². The van der Waals surface area contributed by atoms with Gasteiger partial charge in [0.2, 0.25) is 5.13 Å². The Hall–Kier alpha value is -1.14. The van der Waals surface area contributed by atoms with Crippen LogP contribution in [0, 0.1) is 0 Å². The lowest BCUT2D eigenvalue weighted by Gasteiger charge is -2.04. The molecule has 0 radical (unpaired) electrons. The molecule has 2 rings (SSSR count). The zero-order valence-electron chi connectivity index (χ0n) is 10.0. The fraction of sp³-hybridized carbons (Fsp3) is 0.333. The van der Waals surface area contributed by atoms with E-state index in [2.05, 4.69) is 31.4 Å². The predicted molar refractivity (Wildman–Crippen MR) is 77.4 cm³/mol. The van der Waals surface area contributed by atoms with E-state index in [1.807, 2.05) is 31.3 Å². The van der Waals surface area contributed by atoms with Crippen molar-refractivity contribution >= 4 is 32.4 Å². The van der Waals surface area contributed by atoms with Crippen molar-refractivity contribution in [2.24, 2.45) is 0 Å². The number of benzene rings is 1. The molecule has 0 bridgehead atoms. The highest BCUT2D eigenvalue weighted by atomic mass is 79.9. The quantitative estimate of drug-likeness (QED) is 0.826. The van der Waals surface area contributed by atoms with Gasteiger partial charge in [-0.15, -0.1) is 10.2 Å². The molecule has 4 nitrogen and oxygen atoms in total. The van der Waals surface area contributed by atoms with Crippen molar-refractivity contribution in [2.45, 2.75) is 12.8 Å². The molecule has 0 aliphatic heterocycles. The molecule has 0 aliphatic rings. The zero-order valence-corrected chi connectivity index (χ0v) is 12.4. The summed E-state index contributed by atoms with van der Waals surface area (Å²) >= 11 is 4.98. The number of hydrogen-bond donors (Lipinski definition) is 1. The van der Waals surface area contributed by atoms with Crippen molar-refractivity contribution in [3.05, 3.63) is 33.7 Å². The third kappa shape index (κ3) is 3.96. The van der Waals surface area contributed by atoms with Crippen molar-refractivity contribution in [3.8, 4) is 5.75 Å². The van der Waals surface area contributed by atoms with E-state index in [0.29, 0.717) is 6.61 Å². The van der Waals surface area contributed by atoms with Crippen LogP contribution < -0.4 is 10.1 Å². The average Bonchev–Trinajstić information content (AvgIpc) is 2.85. The van der Waals surface area contributed by atoms with Crippen molar-refractivity contribution in [1.82, 2.24) is 10.2 Å². The van der Waals surface area contributed by atoms with E-state index in [1.54, 1.807) is 11.3 Å². The fourth-order valence-electron chi connectivity index (χ4n) is 1.40. The first-order chi connectivity index (χ1) is 8.78. The van der Waals surface area contributed by atoms with Gasteiger partial charge >= 0.3 is 0 Å². The Bertz CT molecular complexity index is 486. The average molecular weight is 328 g/mol. The Morgan fingerprint density at radius 2 is 2.06 bits per heavy atom. The normalized spacial score (nSPS) is 10.3. The topological polar surface area (TPSA) is 47.0 Å². The van der Waals surface area contributed by atoms with Gasteiger partial charge in [-0.1, -0.05) is 27.3 Å². The molecular weight excluding hydrogens is 314 g/mol. The summed E-state index contributed by atoms with van der Waals surface area (Å²) in [6.45, 7) is 0.691. The SMILES string of the molecule is CNc1nnc(CCCOc2ccc(Br)cc2)s1. The molecule has 0 fully saturated rings. The maximum atomic E-state index is 5.64. The minimum atomic E-state index is 0.691. The van der Waals surface area contributed by atoms with E-state index in [-0.39, 0.29) is 0 Å². The van der Waals surface area contributed by atoms with Crippen LogP contribution in [0.4, 0.5) is 5.13 Å². The zero-order chi connectivity index (χ0) is 12.8. The molecule has 6 heteroatoms. The number of rotatable bonds is 6. The number of ether oxygens (including phenoxy) is 1. The van der Waals surface area contributed by atoms with Crippen LogP contribution in [0.1, 0.15) is 11.4 Å². The standard InChI is InChI=1S/C12H14BrN3OS/c1-14-12-16-15-11(18-12)3-2-8-17-10-6-4-9(13)5-7-10/h4-7H,2-3,8H2,1H3,(H,14,16). The van der Waals surface area contributed by atoms with Gasteiger partial charge in [-0.25, -0.2) is 0 Å². The summed E-state index contributed by atoms with van der Waals surface area (Å²) in [5.74, 6) is 0.895. The fourth-order valence-corrected chi connectivity index (χ4v) is 2.40. The third-order valence-corrected chi connectivity index (χ3v) is 3.83. The predicted octanol–water partition coefficient (Wildman–Crippen LogP) is 3.35. The van der Waals surface area contributed by atoms with E-state index >= 15 is 0 Å². The first-order valence-electron chi connectivity index (χ1n) is 5.66. The van der Waals surface area contributed by atoms with E-state index in [4.69, 9.17) is 4.74 Å². The van der Waals surface area contributed by atoms with Crippen LogP contribution in [0.2, 0.25) is 0 Å². The van der Waals surface area contributed by atoms with Crippen molar-refractivity contribution < 1.29 is 4.74 Å². The van der Waals surface area contributed by atoms with E-state index in [9.17, 15) is 0 Å². The Balaban J connectivity index is 1.71. The summed E-state index contributed by atoms with van der Waals surface area (Å²) in [6, 6.07) is 7.85. The van der Waals surface area contributed by atoms with Gasteiger partial charge in [0, 0.05) is 17.9 Å². The number of aryl methyl sites for hydroxylation is 1. The maximum absolute atomic E-state index is 5.64. The van der Waals surface area contributed by atoms with Gasteiger partial charge in [0.05, 0.1) is 6.61 Å². The van der Waals surface area contributed by atoms with Crippen LogP contribution in [0.25, 0.3) is 0 Å². The van der Waals surface area contributed by atoms with Gasteiger partial charge in [0.15, 0.2) is 0 Å². The van der Waals surface area contributed by atoms with Gasteiger partial charge in [0.25, 0.3) is 0 Å². The Kier molecular flexibility index (Phi) is 4.95. The summed E-state index contributed by atoms with van der Waals surface area (Å²) in [4.78, 5) is 0. The summed E-state index contributed by atoms with van der Waals surface area (Å²) in [5, 5.41) is 13.0. The molecule has 0 unspecified atom stereocenters. The van der Waals surface area contributed by atoms with Crippen LogP contribution in [0.3, 0.4) is 0 Å². The lowest BCUT2D eigenvalue weighted by atomic mass is 10.3. The molecule has 0 amide bonds. The molecular formula is C12H14BrN3OS. The highest BCUT2D eigenvalue weighted by Crippen LogP contribution is 2.18. The molecule has 1 aromatic heterocycles. The van der Waals surface area contributed by atoms with Crippen molar-refractivity contribution in [1.29, 1.82) is 0 Å². The lowest BCUT2D eigenvalue weighted by Crippen LogP contribution is -1.99. The monoisotopic (exact) mass is 327 g/mol. The number of nitrogens with one attached hydrogen (secondary N) is 1. The summed E-state index contributed by atoms with van der Waals surface area (Å²) in [5.41, 5.74) is 0. The molecule has 18 heavy (non-hydrogen) atoms. The van der Waals surface area contributed by atoms with Crippen molar-refractivity contribution in [2.75, 3.05) is 19.0 Å². The van der Waals surface area contributed by atoms with Gasteiger partial charge in [-0.3, -0.25) is 0 Å². The molecule has 1 heterocycles. The second-order valence-electron chi connectivity index (χ2n) is 3.66. The van der Waals surface area contributed by atoms with E-state index < -0.39 is 0 Å². The number of halogens is 1. The number of hydrogen-bond acceptors (Lipinski definition) is 5. The molecule has 1 aromatic carbocycles. The molecule has 1 N–H and O–H groups in total. The van der Waals surface area contributed by atoms with Crippen molar-refractivity contribution in [3.63, 3.8) is 0 Å². The Labute approximate surface area is 119 Å². The molecule has 0 atom stereocenters. The Morgan fingerprint density at radius 3 is 2.72 bits per heavy atom. The summed E-state index contributed by atoms with van der Waals surface area (Å²) in [6.07, 6.45) is 1.84.